The molecule has 5 heteroatoms. The minimum Gasteiger partial charge on any atom is -0.484 e. The van der Waals surface area contributed by atoms with Crippen molar-refractivity contribution in [2.75, 3.05) is 26.2 Å². The van der Waals surface area contributed by atoms with Gasteiger partial charge >= 0.3 is 0 Å². The Labute approximate surface area is 133 Å². The van der Waals surface area contributed by atoms with Crippen LogP contribution in [0.4, 0.5) is 0 Å². The van der Waals surface area contributed by atoms with E-state index in [4.69, 9.17) is 4.74 Å². The van der Waals surface area contributed by atoms with E-state index in [0.29, 0.717) is 11.8 Å². The molecule has 1 aromatic carbocycles. The van der Waals surface area contributed by atoms with Crippen LogP contribution in [0.1, 0.15) is 30.9 Å². The molecule has 1 saturated heterocycles. The maximum Gasteiger partial charge on any atom is 0.257 e. The smallest absolute Gasteiger partial charge is 0.257 e. The predicted octanol–water partition coefficient (Wildman–Crippen LogP) is 2.25. The summed E-state index contributed by atoms with van der Waals surface area (Å²) in [5.74, 6) is 1.78. The lowest BCUT2D eigenvalue weighted by atomic mass is 9.98. The highest BCUT2D eigenvalue weighted by Crippen LogP contribution is 2.23. The van der Waals surface area contributed by atoms with Gasteiger partial charge in [0.15, 0.2) is 6.61 Å². The fourth-order valence-electron chi connectivity index (χ4n) is 2.34. The Balaban J connectivity index is 0.00000220. The maximum atomic E-state index is 11.7. The van der Waals surface area contributed by atoms with Crippen molar-refractivity contribution >= 4 is 18.3 Å². The maximum absolute atomic E-state index is 11.7. The lowest BCUT2D eigenvalue weighted by Crippen LogP contribution is -2.48. The van der Waals surface area contributed by atoms with Gasteiger partial charge in [-0.05, 0) is 36.1 Å². The van der Waals surface area contributed by atoms with E-state index in [2.05, 4.69) is 37.5 Å². The summed E-state index contributed by atoms with van der Waals surface area (Å²) in [6.45, 7) is 9.23. The fourth-order valence-corrected chi connectivity index (χ4v) is 2.34. The van der Waals surface area contributed by atoms with Gasteiger partial charge in [-0.25, -0.2) is 0 Å². The van der Waals surface area contributed by atoms with E-state index in [1.165, 1.54) is 11.1 Å². The highest BCUT2D eigenvalue weighted by Gasteiger charge is 2.17. The summed E-state index contributed by atoms with van der Waals surface area (Å²) < 4.78 is 5.54. The summed E-state index contributed by atoms with van der Waals surface area (Å²) in [6.07, 6.45) is 0. The zero-order chi connectivity index (χ0) is 14.5. The average molecular weight is 313 g/mol. The first-order valence-corrected chi connectivity index (χ1v) is 7.27. The van der Waals surface area contributed by atoms with Crippen molar-refractivity contribution in [3.05, 3.63) is 29.3 Å². The Bertz CT molecular complexity index is 473. The van der Waals surface area contributed by atoms with E-state index in [0.717, 1.165) is 25.4 Å². The molecule has 1 aliphatic heterocycles. The standard InChI is InChI=1S/C16H24N2O2.ClH/c1-11(2)15-5-4-14(6-12(15)3)20-10-16(19)18-9-13-7-17-8-13;/h4-6,11,13,17H,7-10H2,1-3H3,(H,18,19);1H. The van der Waals surface area contributed by atoms with Crippen LogP contribution < -0.4 is 15.4 Å². The van der Waals surface area contributed by atoms with Gasteiger partial charge in [-0.1, -0.05) is 19.9 Å². The molecule has 1 fully saturated rings. The molecule has 0 saturated carbocycles. The zero-order valence-corrected chi connectivity index (χ0v) is 13.8. The van der Waals surface area contributed by atoms with E-state index < -0.39 is 0 Å². The monoisotopic (exact) mass is 312 g/mol. The second-order valence-electron chi connectivity index (χ2n) is 5.79. The van der Waals surface area contributed by atoms with E-state index >= 15 is 0 Å². The first-order valence-electron chi connectivity index (χ1n) is 7.27. The highest BCUT2D eigenvalue weighted by molar-refractivity contribution is 5.85. The number of ether oxygens (including phenoxy) is 1. The van der Waals surface area contributed by atoms with Crippen molar-refractivity contribution in [2.45, 2.75) is 26.7 Å². The largest absolute Gasteiger partial charge is 0.484 e. The lowest BCUT2D eigenvalue weighted by molar-refractivity contribution is -0.123. The zero-order valence-electron chi connectivity index (χ0n) is 12.9. The molecule has 0 spiro atoms. The average Bonchev–Trinajstić information content (AvgIpc) is 2.34. The predicted molar refractivity (Wildman–Crippen MR) is 87.4 cm³/mol. The summed E-state index contributed by atoms with van der Waals surface area (Å²) in [5, 5.41) is 6.08. The van der Waals surface area contributed by atoms with Crippen molar-refractivity contribution in [3.63, 3.8) is 0 Å². The van der Waals surface area contributed by atoms with Crippen molar-refractivity contribution in [3.8, 4) is 5.75 Å². The van der Waals surface area contributed by atoms with E-state index in [-0.39, 0.29) is 24.9 Å². The summed E-state index contributed by atoms with van der Waals surface area (Å²) in [6, 6.07) is 6.01. The van der Waals surface area contributed by atoms with Crippen molar-refractivity contribution in [1.82, 2.24) is 10.6 Å². The van der Waals surface area contributed by atoms with Crippen LogP contribution in [-0.4, -0.2) is 32.1 Å². The molecule has 2 rings (SSSR count). The van der Waals surface area contributed by atoms with Gasteiger partial charge in [-0.15, -0.1) is 12.4 Å². The molecule has 0 atom stereocenters. The number of carbonyl (C=O) groups excluding carboxylic acids is 1. The fraction of sp³-hybridized carbons (Fsp3) is 0.562. The Kier molecular flexibility index (Phi) is 6.99. The third kappa shape index (κ3) is 5.21. The van der Waals surface area contributed by atoms with Crippen molar-refractivity contribution < 1.29 is 9.53 Å². The number of hydrogen-bond donors (Lipinski definition) is 2. The molecular formula is C16H25ClN2O2. The quantitative estimate of drug-likeness (QED) is 0.847. The van der Waals surface area contributed by atoms with Crippen molar-refractivity contribution in [1.29, 1.82) is 0 Å². The van der Waals surface area contributed by atoms with Crippen LogP contribution >= 0.6 is 12.4 Å². The molecule has 0 aliphatic carbocycles. The molecule has 0 unspecified atom stereocenters. The SMILES string of the molecule is Cc1cc(OCC(=O)NCC2CNC2)ccc1C(C)C.Cl. The summed E-state index contributed by atoms with van der Waals surface area (Å²) >= 11 is 0. The third-order valence-electron chi connectivity index (χ3n) is 3.69. The number of rotatable bonds is 6. The van der Waals surface area contributed by atoms with E-state index in [1.54, 1.807) is 0 Å². The van der Waals surface area contributed by atoms with E-state index in [1.807, 2.05) is 12.1 Å². The summed E-state index contributed by atoms with van der Waals surface area (Å²) in [4.78, 5) is 11.7. The van der Waals surface area contributed by atoms with Gasteiger partial charge in [0, 0.05) is 25.6 Å². The minimum absolute atomic E-state index is 0. The number of hydrogen-bond acceptors (Lipinski definition) is 3. The second-order valence-corrected chi connectivity index (χ2v) is 5.79. The van der Waals surface area contributed by atoms with Crippen LogP contribution in [0, 0.1) is 12.8 Å². The molecule has 0 radical (unpaired) electrons. The van der Waals surface area contributed by atoms with Crippen LogP contribution in [0.3, 0.4) is 0 Å². The second kappa shape index (κ2) is 8.25. The third-order valence-corrected chi connectivity index (χ3v) is 3.69. The number of halogens is 1. The number of nitrogens with one attached hydrogen (secondary N) is 2. The number of amides is 1. The molecule has 1 aliphatic rings. The number of carbonyl (C=O) groups is 1. The van der Waals surface area contributed by atoms with Crippen LogP contribution in [0.2, 0.25) is 0 Å². The Morgan fingerprint density at radius 3 is 2.67 bits per heavy atom. The first kappa shape index (κ1) is 17.8. The molecule has 2 N–H and O–H groups in total. The van der Waals surface area contributed by atoms with Crippen LogP contribution in [0.5, 0.6) is 5.75 Å². The molecular weight excluding hydrogens is 288 g/mol. The molecule has 118 valence electrons. The van der Waals surface area contributed by atoms with Gasteiger partial charge in [0.05, 0.1) is 0 Å². The molecule has 0 bridgehead atoms. The van der Waals surface area contributed by atoms with Gasteiger partial charge in [0.1, 0.15) is 5.75 Å². The topological polar surface area (TPSA) is 50.4 Å². The summed E-state index contributed by atoms with van der Waals surface area (Å²) in [5.41, 5.74) is 2.53. The Morgan fingerprint density at radius 2 is 2.14 bits per heavy atom. The number of benzene rings is 1. The number of aryl methyl sites for hydroxylation is 1. The molecule has 1 heterocycles. The van der Waals surface area contributed by atoms with Gasteiger partial charge in [0.25, 0.3) is 5.91 Å². The molecule has 1 amide bonds. The van der Waals surface area contributed by atoms with Crippen LogP contribution in [-0.2, 0) is 4.79 Å². The van der Waals surface area contributed by atoms with Crippen LogP contribution in [0.15, 0.2) is 18.2 Å². The van der Waals surface area contributed by atoms with Crippen LogP contribution in [0.25, 0.3) is 0 Å². The normalized spacial score (nSPS) is 14.3. The molecule has 21 heavy (non-hydrogen) atoms. The Morgan fingerprint density at radius 1 is 1.43 bits per heavy atom. The highest BCUT2D eigenvalue weighted by atomic mass is 35.5. The molecule has 4 nitrogen and oxygen atoms in total. The van der Waals surface area contributed by atoms with Crippen molar-refractivity contribution in [2.24, 2.45) is 5.92 Å². The first-order chi connectivity index (χ1) is 9.56. The molecule has 0 aromatic heterocycles. The lowest BCUT2D eigenvalue weighted by Gasteiger charge is -2.27. The van der Waals surface area contributed by atoms with Gasteiger partial charge in [0.2, 0.25) is 0 Å². The van der Waals surface area contributed by atoms with Gasteiger partial charge in [-0.3, -0.25) is 4.79 Å². The minimum atomic E-state index is -0.0533. The van der Waals surface area contributed by atoms with Gasteiger partial charge < -0.3 is 15.4 Å². The summed E-state index contributed by atoms with van der Waals surface area (Å²) in [7, 11) is 0. The van der Waals surface area contributed by atoms with E-state index in [9.17, 15) is 4.79 Å². The van der Waals surface area contributed by atoms with Gasteiger partial charge in [-0.2, -0.15) is 0 Å². The Hall–Kier alpha value is -1.26. The molecule has 1 aromatic rings.